The fraction of sp³-hybridized carbons (Fsp3) is 0.323. The van der Waals surface area contributed by atoms with Gasteiger partial charge in [-0.2, -0.15) is 0 Å². The van der Waals surface area contributed by atoms with Crippen LogP contribution in [0.3, 0.4) is 0 Å². The molecule has 0 spiro atoms. The van der Waals surface area contributed by atoms with Gasteiger partial charge in [0.2, 0.25) is 0 Å². The maximum atomic E-state index is 12.7. The van der Waals surface area contributed by atoms with Gasteiger partial charge in [-0.25, -0.2) is 4.79 Å². The number of anilines is 1. The van der Waals surface area contributed by atoms with Gasteiger partial charge in [0.1, 0.15) is 5.75 Å². The van der Waals surface area contributed by atoms with Crippen molar-refractivity contribution in [1.29, 1.82) is 0 Å². The average molecular weight is 581 g/mol. The summed E-state index contributed by atoms with van der Waals surface area (Å²) < 4.78 is 16.0. The number of aryl methyl sites for hydroxylation is 1. The largest absolute Gasteiger partial charge is 0.496 e. The number of carbonyl (C=O) groups excluding carboxylic acids is 2. The Balaban J connectivity index is 1.59. The van der Waals surface area contributed by atoms with Crippen molar-refractivity contribution in [3.8, 4) is 5.75 Å². The number of hydrogen-bond acceptors (Lipinski definition) is 8. The predicted octanol–water partition coefficient (Wildman–Crippen LogP) is 5.01. The van der Waals surface area contributed by atoms with E-state index in [1.54, 1.807) is 32.3 Å². The molecular formula is C31H37ClN4O5. The molecule has 1 heterocycles. The van der Waals surface area contributed by atoms with E-state index in [9.17, 15) is 9.59 Å². The van der Waals surface area contributed by atoms with E-state index in [2.05, 4.69) is 21.8 Å². The minimum Gasteiger partial charge on any atom is -0.496 e. The maximum Gasteiger partial charge on any atom is 0.339 e. The van der Waals surface area contributed by atoms with Crippen LogP contribution in [0.2, 0.25) is 5.02 Å². The summed E-state index contributed by atoms with van der Waals surface area (Å²) in [6.07, 6.45) is 5.61. The number of nitrogens with zero attached hydrogens (tertiary/aromatic N) is 2. The van der Waals surface area contributed by atoms with Gasteiger partial charge in [0.25, 0.3) is 5.91 Å². The Morgan fingerprint density at radius 1 is 1.22 bits per heavy atom. The number of esters is 1. The third-order valence-corrected chi connectivity index (χ3v) is 6.60. The highest BCUT2D eigenvalue weighted by Gasteiger charge is 2.15. The monoisotopic (exact) mass is 580 g/mol. The normalized spacial score (nSPS) is 14.9. The second kappa shape index (κ2) is 15.8. The molecule has 0 aromatic heterocycles. The standard InChI is InChI=1S/C31H37ClN4O5/c1-5-7-28(23-8-11-29(39-4)21(2)18-23)34-22(3)19-27(33)30(37)35-24-9-10-25(26(32)20-24)31(38)41-15-6-12-36-13-16-40-17-14-36/h5,7-11,18-20H,1,6,12-17,33H2,2-4H3,(H,35,37)/b27-19-,28-7-,34-22+. The van der Waals surface area contributed by atoms with Crippen molar-refractivity contribution < 1.29 is 23.8 Å². The molecule has 1 aliphatic heterocycles. The topological polar surface area (TPSA) is 115 Å². The number of nitrogens with two attached hydrogens (primary N) is 1. The molecule has 0 bridgehead atoms. The van der Waals surface area contributed by atoms with E-state index in [0.717, 1.165) is 56.1 Å². The van der Waals surface area contributed by atoms with Gasteiger partial charge >= 0.3 is 5.97 Å². The van der Waals surface area contributed by atoms with Crippen molar-refractivity contribution >= 4 is 40.6 Å². The number of benzene rings is 2. The first kappa shape index (κ1) is 31.6. The van der Waals surface area contributed by atoms with Gasteiger partial charge in [0.05, 0.1) is 48.9 Å². The van der Waals surface area contributed by atoms with Crippen LogP contribution in [0.1, 0.15) is 34.8 Å². The Morgan fingerprint density at radius 3 is 2.63 bits per heavy atom. The number of aliphatic imine (C=N–C) groups is 1. The van der Waals surface area contributed by atoms with Crippen molar-refractivity contribution in [2.75, 3.05) is 51.9 Å². The Morgan fingerprint density at radius 2 is 1.98 bits per heavy atom. The first-order valence-electron chi connectivity index (χ1n) is 13.3. The van der Waals surface area contributed by atoms with Crippen molar-refractivity contribution in [2.45, 2.75) is 20.3 Å². The second-order valence-electron chi connectivity index (χ2n) is 9.42. The quantitative estimate of drug-likeness (QED) is 0.119. The molecule has 0 radical (unpaired) electrons. The van der Waals surface area contributed by atoms with Crippen molar-refractivity contribution in [3.63, 3.8) is 0 Å². The molecule has 2 aromatic carbocycles. The Bertz CT molecular complexity index is 1350. The van der Waals surface area contributed by atoms with E-state index in [1.807, 2.05) is 25.1 Å². The van der Waals surface area contributed by atoms with Crippen LogP contribution in [0.15, 0.2) is 71.9 Å². The maximum absolute atomic E-state index is 12.7. The van der Waals surface area contributed by atoms with Crippen molar-refractivity contribution in [2.24, 2.45) is 10.7 Å². The second-order valence-corrected chi connectivity index (χ2v) is 9.82. The van der Waals surface area contributed by atoms with Gasteiger partial charge in [-0.1, -0.05) is 24.3 Å². The first-order valence-corrected chi connectivity index (χ1v) is 13.7. The molecule has 0 atom stereocenters. The minimum absolute atomic E-state index is 0.0463. The lowest BCUT2D eigenvalue weighted by molar-refractivity contribution is -0.112. The highest BCUT2D eigenvalue weighted by Crippen LogP contribution is 2.25. The molecule has 9 nitrogen and oxygen atoms in total. The summed E-state index contributed by atoms with van der Waals surface area (Å²) in [6, 6.07) is 10.3. The molecule has 2 aromatic rings. The highest BCUT2D eigenvalue weighted by molar-refractivity contribution is 6.34. The third kappa shape index (κ3) is 9.60. The molecule has 0 aliphatic carbocycles. The number of ether oxygens (including phenoxy) is 3. The molecule has 0 saturated carbocycles. The summed E-state index contributed by atoms with van der Waals surface area (Å²) in [7, 11) is 1.62. The number of allylic oxidation sites excluding steroid dienone is 3. The van der Waals surface area contributed by atoms with Gasteiger partial charge < -0.3 is 25.3 Å². The van der Waals surface area contributed by atoms with Crippen LogP contribution >= 0.6 is 11.6 Å². The van der Waals surface area contributed by atoms with E-state index >= 15 is 0 Å². The number of amides is 1. The molecule has 41 heavy (non-hydrogen) atoms. The third-order valence-electron chi connectivity index (χ3n) is 6.29. The van der Waals surface area contributed by atoms with Gasteiger partial charge in [-0.3, -0.25) is 14.7 Å². The minimum atomic E-state index is -0.538. The van der Waals surface area contributed by atoms with Crippen LogP contribution in [0, 0.1) is 6.92 Å². The number of rotatable bonds is 12. The van der Waals surface area contributed by atoms with E-state index in [1.165, 1.54) is 18.2 Å². The summed E-state index contributed by atoms with van der Waals surface area (Å²) in [5.41, 5.74) is 9.61. The molecular weight excluding hydrogens is 544 g/mol. The SMILES string of the molecule is C=C\C=C(/N=C(C)/C=C(\N)C(=O)Nc1ccc(C(=O)OCCCN2CCOCC2)c(Cl)c1)c1ccc(OC)c(C)c1. The molecule has 1 saturated heterocycles. The number of carbonyl (C=O) groups is 2. The lowest BCUT2D eigenvalue weighted by Crippen LogP contribution is -2.37. The van der Waals surface area contributed by atoms with Gasteiger partial charge in [0, 0.05) is 36.6 Å². The molecule has 218 valence electrons. The Kier molecular flexibility index (Phi) is 12.1. The van der Waals surface area contributed by atoms with Crippen molar-refractivity contribution in [3.05, 3.63) is 88.6 Å². The molecule has 1 fully saturated rings. The summed E-state index contributed by atoms with van der Waals surface area (Å²) in [5.74, 6) is -0.280. The summed E-state index contributed by atoms with van der Waals surface area (Å²) >= 11 is 6.32. The number of morpholine rings is 1. The number of methoxy groups -OCH3 is 1. The van der Waals surface area contributed by atoms with Gasteiger partial charge in [-0.05, 0) is 74.4 Å². The zero-order valence-corrected chi connectivity index (χ0v) is 24.5. The van der Waals surface area contributed by atoms with Crippen LogP contribution in [0.4, 0.5) is 5.69 Å². The van der Waals surface area contributed by atoms with Crippen LogP contribution < -0.4 is 15.8 Å². The zero-order valence-electron chi connectivity index (χ0n) is 23.7. The fourth-order valence-corrected chi connectivity index (χ4v) is 4.44. The molecule has 3 N–H and O–H groups in total. The Hall–Kier alpha value is -3.92. The molecule has 10 heteroatoms. The van der Waals surface area contributed by atoms with Crippen LogP contribution in [-0.4, -0.2) is 69.1 Å². The average Bonchev–Trinajstić information content (AvgIpc) is 2.95. The predicted molar refractivity (Wildman–Crippen MR) is 164 cm³/mol. The summed E-state index contributed by atoms with van der Waals surface area (Å²) in [5, 5.41) is 2.85. The number of hydrogen-bond donors (Lipinski definition) is 2. The lowest BCUT2D eigenvalue weighted by atomic mass is 10.1. The van der Waals surface area contributed by atoms with Crippen molar-refractivity contribution in [1.82, 2.24) is 4.90 Å². The lowest BCUT2D eigenvalue weighted by Gasteiger charge is -2.26. The van der Waals surface area contributed by atoms with E-state index in [0.29, 0.717) is 17.1 Å². The molecule has 0 unspecified atom stereocenters. The van der Waals surface area contributed by atoms with E-state index < -0.39 is 11.9 Å². The van der Waals surface area contributed by atoms with Crippen LogP contribution in [0.5, 0.6) is 5.75 Å². The number of nitrogens with one attached hydrogen (secondary N) is 1. The van der Waals surface area contributed by atoms with Crippen LogP contribution in [0.25, 0.3) is 5.70 Å². The fourth-order valence-electron chi connectivity index (χ4n) is 4.18. The van der Waals surface area contributed by atoms with Crippen LogP contribution in [-0.2, 0) is 14.3 Å². The van der Waals surface area contributed by atoms with E-state index in [-0.39, 0.29) is 22.9 Å². The smallest absolute Gasteiger partial charge is 0.339 e. The molecule has 1 amide bonds. The summed E-state index contributed by atoms with van der Waals surface area (Å²) in [6.45, 7) is 11.8. The Labute approximate surface area is 246 Å². The first-order chi connectivity index (χ1) is 19.7. The zero-order chi connectivity index (χ0) is 29.8. The van der Waals surface area contributed by atoms with E-state index in [4.69, 9.17) is 31.5 Å². The highest BCUT2D eigenvalue weighted by atomic mass is 35.5. The van der Waals surface area contributed by atoms with Gasteiger partial charge in [0.15, 0.2) is 0 Å². The number of halogens is 1. The molecule has 1 aliphatic rings. The molecule has 3 rings (SSSR count). The summed E-state index contributed by atoms with van der Waals surface area (Å²) in [4.78, 5) is 32.1. The van der Waals surface area contributed by atoms with Gasteiger partial charge in [-0.15, -0.1) is 0 Å².